The lowest BCUT2D eigenvalue weighted by molar-refractivity contribution is 0.388. The second-order valence-electron chi connectivity index (χ2n) is 5.06. The standard InChI is InChI=1S/C16H20N2O4S/c1-5-10-18(11-16-12(2)17-22-13(16)3)23(19,20)15-8-6-14(21-4)7-9-15/h5-9H,1,10-11H2,2-4H3. The van der Waals surface area contributed by atoms with Crippen molar-refractivity contribution in [2.24, 2.45) is 0 Å². The molecule has 23 heavy (non-hydrogen) atoms. The minimum absolute atomic E-state index is 0.182. The normalized spacial score (nSPS) is 11.7. The molecule has 6 nitrogen and oxygen atoms in total. The average Bonchev–Trinajstić information content (AvgIpc) is 2.86. The summed E-state index contributed by atoms with van der Waals surface area (Å²) in [5.74, 6) is 1.21. The quantitative estimate of drug-likeness (QED) is 0.727. The first-order chi connectivity index (χ1) is 10.9. The molecule has 0 saturated carbocycles. The summed E-state index contributed by atoms with van der Waals surface area (Å²) < 4.78 is 37.2. The van der Waals surface area contributed by atoms with E-state index in [0.29, 0.717) is 17.2 Å². The van der Waals surface area contributed by atoms with Gasteiger partial charge in [-0.05, 0) is 38.1 Å². The topological polar surface area (TPSA) is 72.6 Å². The predicted molar refractivity (Wildman–Crippen MR) is 86.8 cm³/mol. The van der Waals surface area contributed by atoms with Gasteiger partial charge in [-0.15, -0.1) is 6.58 Å². The molecule has 2 rings (SSSR count). The largest absolute Gasteiger partial charge is 0.497 e. The van der Waals surface area contributed by atoms with Crippen molar-refractivity contribution in [3.63, 3.8) is 0 Å². The maximum atomic E-state index is 12.9. The third-order valence-electron chi connectivity index (χ3n) is 3.55. The van der Waals surface area contributed by atoms with Crippen LogP contribution in [0.4, 0.5) is 0 Å². The highest BCUT2D eigenvalue weighted by molar-refractivity contribution is 7.89. The van der Waals surface area contributed by atoms with Crippen molar-refractivity contribution in [1.82, 2.24) is 9.46 Å². The first-order valence-corrected chi connectivity index (χ1v) is 8.51. The molecule has 0 unspecified atom stereocenters. The summed E-state index contributed by atoms with van der Waals surface area (Å²) in [6.45, 7) is 7.57. The highest BCUT2D eigenvalue weighted by Gasteiger charge is 2.26. The monoisotopic (exact) mass is 336 g/mol. The van der Waals surface area contributed by atoms with Crippen molar-refractivity contribution in [3.8, 4) is 5.75 Å². The van der Waals surface area contributed by atoms with Crippen LogP contribution >= 0.6 is 0 Å². The summed E-state index contributed by atoms with van der Waals surface area (Å²) in [5, 5.41) is 3.87. The van der Waals surface area contributed by atoms with E-state index in [1.807, 2.05) is 0 Å². The molecule has 0 bridgehead atoms. The van der Waals surface area contributed by atoms with Crippen molar-refractivity contribution in [3.05, 3.63) is 53.9 Å². The molecular formula is C16H20N2O4S. The van der Waals surface area contributed by atoms with Gasteiger partial charge in [0.25, 0.3) is 0 Å². The zero-order valence-electron chi connectivity index (χ0n) is 13.4. The van der Waals surface area contributed by atoms with Gasteiger partial charge >= 0.3 is 0 Å². The van der Waals surface area contributed by atoms with Crippen molar-refractivity contribution >= 4 is 10.0 Å². The van der Waals surface area contributed by atoms with E-state index in [1.165, 1.54) is 23.5 Å². The molecule has 0 aliphatic heterocycles. The fraction of sp³-hybridized carbons (Fsp3) is 0.312. The second-order valence-corrected chi connectivity index (χ2v) is 7.00. The molecule has 0 saturated heterocycles. The SMILES string of the molecule is C=CCN(Cc1c(C)noc1C)S(=O)(=O)c1ccc(OC)cc1. The minimum atomic E-state index is -3.66. The van der Waals surface area contributed by atoms with Gasteiger partial charge < -0.3 is 9.26 Å². The summed E-state index contributed by atoms with van der Waals surface area (Å²) in [4.78, 5) is 0.201. The third-order valence-corrected chi connectivity index (χ3v) is 5.37. The van der Waals surface area contributed by atoms with Gasteiger partial charge in [-0.2, -0.15) is 4.31 Å². The molecule has 0 atom stereocenters. The molecule has 0 aliphatic rings. The summed E-state index contributed by atoms with van der Waals surface area (Å²) >= 11 is 0. The van der Waals surface area contributed by atoms with E-state index >= 15 is 0 Å². The van der Waals surface area contributed by atoms with Crippen LogP contribution in [0, 0.1) is 13.8 Å². The summed E-state index contributed by atoms with van der Waals surface area (Å²) in [7, 11) is -2.13. The van der Waals surface area contributed by atoms with E-state index < -0.39 is 10.0 Å². The molecule has 0 N–H and O–H groups in total. The number of aromatic nitrogens is 1. The highest BCUT2D eigenvalue weighted by Crippen LogP contribution is 2.23. The fourth-order valence-corrected chi connectivity index (χ4v) is 3.57. The molecule has 0 amide bonds. The Morgan fingerprint density at radius 1 is 1.30 bits per heavy atom. The lowest BCUT2D eigenvalue weighted by Gasteiger charge is -2.20. The molecule has 0 spiro atoms. The number of methoxy groups -OCH3 is 1. The molecule has 1 heterocycles. The first-order valence-electron chi connectivity index (χ1n) is 7.07. The Labute approximate surface area is 136 Å². The molecular weight excluding hydrogens is 316 g/mol. The van der Waals surface area contributed by atoms with Crippen LogP contribution in [0.1, 0.15) is 17.0 Å². The maximum absolute atomic E-state index is 12.9. The van der Waals surface area contributed by atoms with Gasteiger partial charge in [0.2, 0.25) is 10.0 Å². The van der Waals surface area contributed by atoms with E-state index in [4.69, 9.17) is 9.26 Å². The van der Waals surface area contributed by atoms with E-state index in [-0.39, 0.29) is 18.0 Å². The summed E-state index contributed by atoms with van der Waals surface area (Å²) in [5.41, 5.74) is 1.45. The van der Waals surface area contributed by atoms with Crippen LogP contribution in [-0.4, -0.2) is 31.5 Å². The molecule has 0 fully saturated rings. The Morgan fingerprint density at radius 3 is 2.43 bits per heavy atom. The molecule has 1 aromatic heterocycles. The van der Waals surface area contributed by atoms with Crippen molar-refractivity contribution < 1.29 is 17.7 Å². The summed E-state index contributed by atoms with van der Waals surface area (Å²) in [6, 6.07) is 6.29. The van der Waals surface area contributed by atoms with Crippen LogP contribution in [0.25, 0.3) is 0 Å². The van der Waals surface area contributed by atoms with Crippen LogP contribution in [0.5, 0.6) is 5.75 Å². The molecule has 0 radical (unpaired) electrons. The van der Waals surface area contributed by atoms with Gasteiger partial charge in [-0.1, -0.05) is 11.2 Å². The average molecular weight is 336 g/mol. The third kappa shape index (κ3) is 3.62. The highest BCUT2D eigenvalue weighted by atomic mass is 32.2. The Kier molecular flexibility index (Phi) is 5.23. The second kappa shape index (κ2) is 6.97. The Hall–Kier alpha value is -2.12. The molecule has 1 aromatic carbocycles. The molecule has 0 aliphatic carbocycles. The van der Waals surface area contributed by atoms with Gasteiger partial charge in [0, 0.05) is 18.7 Å². The van der Waals surface area contributed by atoms with Gasteiger partial charge in [0.05, 0.1) is 17.7 Å². The van der Waals surface area contributed by atoms with E-state index in [2.05, 4.69) is 11.7 Å². The molecule has 7 heteroatoms. The van der Waals surface area contributed by atoms with Crippen molar-refractivity contribution in [2.45, 2.75) is 25.3 Å². The van der Waals surface area contributed by atoms with Crippen LogP contribution in [0.3, 0.4) is 0 Å². The number of nitrogens with zero attached hydrogens (tertiary/aromatic N) is 2. The van der Waals surface area contributed by atoms with Gasteiger partial charge in [-0.25, -0.2) is 8.42 Å². The molecule has 2 aromatic rings. The smallest absolute Gasteiger partial charge is 0.243 e. The van der Waals surface area contributed by atoms with Crippen LogP contribution in [-0.2, 0) is 16.6 Å². The minimum Gasteiger partial charge on any atom is -0.497 e. The Bertz CT molecular complexity index is 759. The van der Waals surface area contributed by atoms with Gasteiger partial charge in [0.15, 0.2) is 0 Å². The Balaban J connectivity index is 2.36. The predicted octanol–water partition coefficient (Wildman–Crippen LogP) is 2.68. The number of rotatable bonds is 7. The lowest BCUT2D eigenvalue weighted by Crippen LogP contribution is -2.31. The van der Waals surface area contributed by atoms with Crippen molar-refractivity contribution in [1.29, 1.82) is 0 Å². The van der Waals surface area contributed by atoms with Crippen LogP contribution in [0.15, 0.2) is 46.3 Å². The number of sulfonamides is 1. The summed E-state index contributed by atoms with van der Waals surface area (Å²) in [6.07, 6.45) is 1.55. The van der Waals surface area contributed by atoms with Crippen molar-refractivity contribution in [2.75, 3.05) is 13.7 Å². The number of aryl methyl sites for hydroxylation is 2. The van der Waals surface area contributed by atoms with E-state index in [9.17, 15) is 8.42 Å². The number of hydrogen-bond acceptors (Lipinski definition) is 5. The van der Waals surface area contributed by atoms with E-state index in [1.54, 1.807) is 32.1 Å². The van der Waals surface area contributed by atoms with Crippen LogP contribution in [0.2, 0.25) is 0 Å². The lowest BCUT2D eigenvalue weighted by atomic mass is 10.2. The zero-order chi connectivity index (χ0) is 17.0. The maximum Gasteiger partial charge on any atom is 0.243 e. The number of hydrogen-bond donors (Lipinski definition) is 0. The van der Waals surface area contributed by atoms with E-state index in [0.717, 1.165) is 5.56 Å². The van der Waals surface area contributed by atoms with Gasteiger partial charge in [-0.3, -0.25) is 0 Å². The van der Waals surface area contributed by atoms with Gasteiger partial charge in [0.1, 0.15) is 11.5 Å². The fourth-order valence-electron chi connectivity index (χ4n) is 2.19. The Morgan fingerprint density at radius 2 is 1.96 bits per heavy atom. The molecule has 124 valence electrons. The number of benzene rings is 1. The number of ether oxygens (including phenoxy) is 1. The zero-order valence-corrected chi connectivity index (χ0v) is 14.3. The van der Waals surface area contributed by atoms with Crippen LogP contribution < -0.4 is 4.74 Å². The first kappa shape index (κ1) is 17.2.